The Balaban J connectivity index is 1.88. The Morgan fingerprint density at radius 3 is 2.04 bits per heavy atom. The third-order valence-electron chi connectivity index (χ3n) is 4.54. The van der Waals surface area contributed by atoms with Crippen LogP contribution in [0.2, 0.25) is 0 Å². The maximum Gasteiger partial charge on any atom is 0.142 e. The number of fused-ring (bicyclic) bond motifs is 4. The molecule has 0 atom stereocenters. The molecule has 1 heteroatoms. The van der Waals surface area contributed by atoms with E-state index in [2.05, 4.69) is 78.9 Å². The van der Waals surface area contributed by atoms with E-state index in [9.17, 15) is 0 Å². The summed E-state index contributed by atoms with van der Waals surface area (Å²) in [4.78, 5) is 0. The Bertz CT molecular complexity index is 1160. The van der Waals surface area contributed by atoms with Gasteiger partial charge in [0.25, 0.3) is 0 Å². The van der Waals surface area contributed by atoms with Crippen molar-refractivity contribution in [2.24, 2.45) is 0 Å². The fourth-order valence-corrected chi connectivity index (χ4v) is 3.43. The van der Waals surface area contributed by atoms with Gasteiger partial charge in [-0.25, -0.2) is 0 Å². The SMILES string of the molecule is c1ccc2c(-c3coc4c3ccc3ccccc34)cccc2c1. The molecular weight excluding hydrogens is 280 g/mol. The molecule has 5 rings (SSSR count). The lowest BCUT2D eigenvalue weighted by Gasteiger charge is -2.05. The number of hydrogen-bond donors (Lipinski definition) is 0. The lowest BCUT2D eigenvalue weighted by molar-refractivity contribution is 0.620. The van der Waals surface area contributed by atoms with Crippen LogP contribution in [0.3, 0.4) is 0 Å². The van der Waals surface area contributed by atoms with Gasteiger partial charge in [-0.3, -0.25) is 0 Å². The van der Waals surface area contributed by atoms with Crippen molar-refractivity contribution in [3.63, 3.8) is 0 Å². The number of furan rings is 1. The van der Waals surface area contributed by atoms with Crippen LogP contribution in [0.25, 0.3) is 43.6 Å². The minimum atomic E-state index is 0.964. The molecule has 0 aliphatic heterocycles. The van der Waals surface area contributed by atoms with Gasteiger partial charge in [0.1, 0.15) is 5.58 Å². The van der Waals surface area contributed by atoms with Gasteiger partial charge in [-0.1, -0.05) is 72.8 Å². The largest absolute Gasteiger partial charge is 0.463 e. The second-order valence-electron chi connectivity index (χ2n) is 5.84. The molecule has 1 nitrogen and oxygen atoms in total. The molecule has 0 saturated heterocycles. The lowest BCUT2D eigenvalue weighted by atomic mass is 9.97. The van der Waals surface area contributed by atoms with Crippen LogP contribution in [0.1, 0.15) is 0 Å². The summed E-state index contributed by atoms with van der Waals surface area (Å²) < 4.78 is 5.97. The minimum Gasteiger partial charge on any atom is -0.463 e. The van der Waals surface area contributed by atoms with Crippen molar-refractivity contribution in [1.82, 2.24) is 0 Å². The highest BCUT2D eigenvalue weighted by atomic mass is 16.3. The highest BCUT2D eigenvalue weighted by Crippen LogP contribution is 2.37. The zero-order chi connectivity index (χ0) is 15.2. The predicted octanol–water partition coefficient (Wildman–Crippen LogP) is 6.41. The Morgan fingerprint density at radius 2 is 1.17 bits per heavy atom. The molecule has 0 spiro atoms. The molecule has 1 aromatic heterocycles. The van der Waals surface area contributed by atoms with E-state index < -0.39 is 0 Å². The molecule has 4 aromatic carbocycles. The Labute approximate surface area is 133 Å². The summed E-state index contributed by atoms with van der Waals surface area (Å²) in [6.45, 7) is 0. The Morgan fingerprint density at radius 1 is 0.478 bits per heavy atom. The van der Waals surface area contributed by atoms with E-state index in [0.29, 0.717) is 0 Å². The van der Waals surface area contributed by atoms with Crippen molar-refractivity contribution in [2.45, 2.75) is 0 Å². The Kier molecular flexibility index (Phi) is 2.56. The summed E-state index contributed by atoms with van der Waals surface area (Å²) in [6, 6.07) is 27.6. The zero-order valence-corrected chi connectivity index (χ0v) is 12.5. The maximum atomic E-state index is 5.97. The van der Waals surface area contributed by atoms with Crippen molar-refractivity contribution in [2.75, 3.05) is 0 Å². The van der Waals surface area contributed by atoms with Crippen molar-refractivity contribution in [3.8, 4) is 11.1 Å². The first kappa shape index (κ1) is 12.5. The van der Waals surface area contributed by atoms with Gasteiger partial charge in [-0.05, 0) is 27.8 Å². The lowest BCUT2D eigenvalue weighted by Crippen LogP contribution is -1.80. The number of benzene rings is 4. The smallest absolute Gasteiger partial charge is 0.142 e. The maximum absolute atomic E-state index is 5.97. The first-order valence-electron chi connectivity index (χ1n) is 7.79. The van der Waals surface area contributed by atoms with Crippen LogP contribution in [0.4, 0.5) is 0 Å². The van der Waals surface area contributed by atoms with E-state index in [1.165, 1.54) is 27.1 Å². The van der Waals surface area contributed by atoms with Gasteiger partial charge in [-0.15, -0.1) is 0 Å². The highest BCUT2D eigenvalue weighted by molar-refractivity contribution is 6.12. The highest BCUT2D eigenvalue weighted by Gasteiger charge is 2.12. The van der Waals surface area contributed by atoms with Crippen molar-refractivity contribution >= 4 is 32.5 Å². The topological polar surface area (TPSA) is 13.1 Å². The van der Waals surface area contributed by atoms with Crippen molar-refractivity contribution < 1.29 is 4.42 Å². The van der Waals surface area contributed by atoms with Gasteiger partial charge in [0, 0.05) is 16.3 Å². The van der Waals surface area contributed by atoms with Crippen LogP contribution >= 0.6 is 0 Å². The standard InChI is InChI=1S/C22H14O/c1-3-9-17-15(6-1)8-5-11-19(17)21-14-23-22-18-10-4-2-7-16(18)12-13-20(21)22/h1-14H. The van der Waals surface area contributed by atoms with E-state index >= 15 is 0 Å². The summed E-state index contributed by atoms with van der Waals surface area (Å²) in [5.74, 6) is 0. The van der Waals surface area contributed by atoms with E-state index in [-0.39, 0.29) is 0 Å². The molecule has 23 heavy (non-hydrogen) atoms. The van der Waals surface area contributed by atoms with Gasteiger partial charge < -0.3 is 4.42 Å². The molecule has 0 aliphatic carbocycles. The predicted molar refractivity (Wildman–Crippen MR) is 96.7 cm³/mol. The molecule has 0 radical (unpaired) electrons. The summed E-state index contributed by atoms with van der Waals surface area (Å²) >= 11 is 0. The van der Waals surface area contributed by atoms with Gasteiger partial charge >= 0.3 is 0 Å². The van der Waals surface area contributed by atoms with E-state index in [1.807, 2.05) is 6.26 Å². The van der Waals surface area contributed by atoms with Gasteiger partial charge in [0.05, 0.1) is 6.26 Å². The molecule has 0 fully saturated rings. The molecule has 0 unspecified atom stereocenters. The molecule has 0 aliphatic rings. The number of hydrogen-bond acceptors (Lipinski definition) is 1. The molecule has 0 amide bonds. The van der Waals surface area contributed by atoms with Gasteiger partial charge in [0.2, 0.25) is 0 Å². The van der Waals surface area contributed by atoms with Crippen molar-refractivity contribution in [1.29, 1.82) is 0 Å². The van der Waals surface area contributed by atoms with Gasteiger partial charge in [-0.2, -0.15) is 0 Å². The molecule has 5 aromatic rings. The summed E-state index contributed by atoms with van der Waals surface area (Å²) in [5.41, 5.74) is 3.34. The molecule has 0 saturated carbocycles. The molecular formula is C22H14O. The monoisotopic (exact) mass is 294 g/mol. The molecule has 0 bridgehead atoms. The quantitative estimate of drug-likeness (QED) is 0.348. The first-order chi connectivity index (χ1) is 11.4. The van der Waals surface area contributed by atoms with E-state index in [0.717, 1.165) is 16.5 Å². The third-order valence-corrected chi connectivity index (χ3v) is 4.54. The fraction of sp³-hybridized carbons (Fsp3) is 0. The van der Waals surface area contributed by atoms with Crippen LogP contribution < -0.4 is 0 Å². The molecule has 0 N–H and O–H groups in total. The fourth-order valence-electron chi connectivity index (χ4n) is 3.43. The third kappa shape index (κ3) is 1.80. The second kappa shape index (κ2) is 4.72. The molecule has 1 heterocycles. The normalized spacial score (nSPS) is 11.5. The first-order valence-corrected chi connectivity index (χ1v) is 7.79. The second-order valence-corrected chi connectivity index (χ2v) is 5.84. The van der Waals surface area contributed by atoms with Crippen LogP contribution in [0.5, 0.6) is 0 Å². The average Bonchev–Trinajstić information content (AvgIpc) is 3.05. The number of rotatable bonds is 1. The minimum absolute atomic E-state index is 0.964. The van der Waals surface area contributed by atoms with Crippen LogP contribution in [0.15, 0.2) is 89.5 Å². The zero-order valence-electron chi connectivity index (χ0n) is 12.5. The van der Waals surface area contributed by atoms with Crippen molar-refractivity contribution in [3.05, 3.63) is 85.1 Å². The van der Waals surface area contributed by atoms with Gasteiger partial charge in [0.15, 0.2) is 0 Å². The van der Waals surface area contributed by atoms with E-state index in [4.69, 9.17) is 4.42 Å². The summed E-state index contributed by atoms with van der Waals surface area (Å²) in [7, 11) is 0. The van der Waals surface area contributed by atoms with Crippen LogP contribution in [-0.2, 0) is 0 Å². The van der Waals surface area contributed by atoms with Crippen LogP contribution in [-0.4, -0.2) is 0 Å². The Hall–Kier alpha value is -3.06. The summed E-state index contributed by atoms with van der Waals surface area (Å²) in [6.07, 6.45) is 1.89. The molecule has 108 valence electrons. The van der Waals surface area contributed by atoms with E-state index in [1.54, 1.807) is 0 Å². The average molecular weight is 294 g/mol. The van der Waals surface area contributed by atoms with Crippen LogP contribution in [0, 0.1) is 0 Å². The summed E-state index contributed by atoms with van der Waals surface area (Å²) in [5, 5.41) is 6.04.